The molecule has 154 valence electrons. The molecule has 8 heteroatoms. The minimum absolute atomic E-state index is 0.128. The predicted molar refractivity (Wildman–Crippen MR) is 116 cm³/mol. The highest BCUT2D eigenvalue weighted by Crippen LogP contribution is 2.19. The van der Waals surface area contributed by atoms with Gasteiger partial charge in [-0.1, -0.05) is 12.1 Å². The highest BCUT2D eigenvalue weighted by atomic mass is 32.1. The summed E-state index contributed by atoms with van der Waals surface area (Å²) >= 11 is 1.60. The molecule has 0 saturated carbocycles. The number of aromatic nitrogens is 1. The second kappa shape index (κ2) is 10.9. The van der Waals surface area contributed by atoms with Crippen molar-refractivity contribution in [1.82, 2.24) is 15.6 Å². The maximum Gasteiger partial charge on any atom is 0.191 e. The molecule has 0 aliphatic rings. The van der Waals surface area contributed by atoms with Gasteiger partial charge >= 0.3 is 0 Å². The Labute approximate surface area is 171 Å². The molecule has 0 fully saturated rings. The van der Waals surface area contributed by atoms with E-state index in [1.165, 1.54) is 0 Å². The standard InChI is InChI=1S/C20H31N5O2S/c1-6-21-19(22-11-16-13-28-20(24-16)25(4)5)23-12-18(26)15-7-9-17(10-8-15)27-14(2)3/h7-10,13-14,18,26H,6,11-12H2,1-5H3,(H2,21,22,23). The number of guanidine groups is 1. The Morgan fingerprint density at radius 3 is 2.54 bits per heavy atom. The largest absolute Gasteiger partial charge is 0.491 e. The van der Waals surface area contributed by atoms with Gasteiger partial charge in [0, 0.05) is 32.6 Å². The van der Waals surface area contributed by atoms with Crippen molar-refractivity contribution in [2.45, 2.75) is 39.5 Å². The Hall–Kier alpha value is -2.32. The Morgan fingerprint density at radius 1 is 1.25 bits per heavy atom. The molecule has 1 aromatic heterocycles. The first-order valence-corrected chi connectivity index (χ1v) is 10.4. The van der Waals surface area contributed by atoms with E-state index in [0.717, 1.165) is 28.7 Å². The van der Waals surface area contributed by atoms with E-state index >= 15 is 0 Å². The van der Waals surface area contributed by atoms with Crippen LogP contribution in [0.4, 0.5) is 5.13 Å². The molecule has 2 aromatic rings. The number of anilines is 1. The third-order valence-electron chi connectivity index (χ3n) is 3.77. The van der Waals surface area contributed by atoms with Crippen LogP contribution >= 0.6 is 11.3 Å². The summed E-state index contributed by atoms with van der Waals surface area (Å²) in [6.07, 6.45) is -0.514. The van der Waals surface area contributed by atoms with Crippen molar-refractivity contribution < 1.29 is 9.84 Å². The van der Waals surface area contributed by atoms with Crippen molar-refractivity contribution in [3.05, 3.63) is 40.9 Å². The summed E-state index contributed by atoms with van der Waals surface area (Å²) in [6.45, 7) is 7.56. The van der Waals surface area contributed by atoms with E-state index in [4.69, 9.17) is 4.74 Å². The Balaban J connectivity index is 1.91. The quantitative estimate of drug-likeness (QED) is 0.440. The van der Waals surface area contributed by atoms with Gasteiger partial charge in [0.2, 0.25) is 0 Å². The van der Waals surface area contributed by atoms with Crippen LogP contribution in [-0.2, 0) is 6.54 Å². The molecule has 0 spiro atoms. The van der Waals surface area contributed by atoms with Crippen molar-refractivity contribution in [3.63, 3.8) is 0 Å². The van der Waals surface area contributed by atoms with Crippen molar-refractivity contribution in [3.8, 4) is 5.75 Å². The lowest BCUT2D eigenvalue weighted by Crippen LogP contribution is -2.39. The summed E-state index contributed by atoms with van der Waals surface area (Å²) in [5.74, 6) is 1.45. The lowest BCUT2D eigenvalue weighted by Gasteiger charge is -2.16. The van der Waals surface area contributed by atoms with Crippen molar-refractivity contribution >= 4 is 22.4 Å². The number of thiazole rings is 1. The molecule has 0 radical (unpaired) electrons. The number of nitrogens with one attached hydrogen (secondary N) is 2. The van der Waals surface area contributed by atoms with Gasteiger partial charge in [-0.3, -0.25) is 0 Å². The molecule has 7 nitrogen and oxygen atoms in total. The fourth-order valence-corrected chi connectivity index (χ4v) is 3.18. The number of ether oxygens (including phenoxy) is 1. The molecular weight excluding hydrogens is 374 g/mol. The Kier molecular flexibility index (Phi) is 8.53. The third-order valence-corrected chi connectivity index (χ3v) is 4.82. The molecule has 1 heterocycles. The van der Waals surface area contributed by atoms with Gasteiger partial charge in [0.25, 0.3) is 0 Å². The van der Waals surface area contributed by atoms with Crippen LogP contribution in [-0.4, -0.2) is 49.3 Å². The lowest BCUT2D eigenvalue weighted by atomic mass is 10.1. The van der Waals surface area contributed by atoms with Crippen LogP contribution < -0.4 is 20.3 Å². The fourth-order valence-electron chi connectivity index (χ4n) is 2.43. The van der Waals surface area contributed by atoms with E-state index in [1.807, 2.05) is 69.4 Å². The predicted octanol–water partition coefficient (Wildman–Crippen LogP) is 2.79. The molecule has 3 N–H and O–H groups in total. The second-order valence-corrected chi connectivity index (χ2v) is 7.68. The zero-order chi connectivity index (χ0) is 20.5. The summed E-state index contributed by atoms with van der Waals surface area (Å²) in [6, 6.07) is 7.52. The van der Waals surface area contributed by atoms with Crippen LogP contribution in [0.25, 0.3) is 0 Å². The van der Waals surface area contributed by atoms with Gasteiger partial charge in [0.15, 0.2) is 11.1 Å². The third kappa shape index (κ3) is 7.01. The average molecular weight is 406 g/mol. The summed E-state index contributed by atoms with van der Waals surface area (Å²) < 4.78 is 5.64. The molecule has 0 amide bonds. The highest BCUT2D eigenvalue weighted by molar-refractivity contribution is 7.13. The van der Waals surface area contributed by atoms with Crippen molar-refractivity contribution in [1.29, 1.82) is 0 Å². The van der Waals surface area contributed by atoms with Crippen LogP contribution in [0.5, 0.6) is 5.75 Å². The van der Waals surface area contributed by atoms with Gasteiger partial charge in [-0.15, -0.1) is 11.3 Å². The SMILES string of the molecule is CCNC(=NCc1csc(N(C)C)n1)NCC(O)c1ccc(OC(C)C)cc1. The van der Waals surface area contributed by atoms with Crippen molar-refractivity contribution in [2.24, 2.45) is 4.99 Å². The maximum absolute atomic E-state index is 10.5. The van der Waals surface area contributed by atoms with E-state index in [1.54, 1.807) is 11.3 Å². The molecule has 1 aromatic carbocycles. The fraction of sp³-hybridized carbons (Fsp3) is 0.500. The number of rotatable bonds is 9. The van der Waals surface area contributed by atoms with E-state index in [2.05, 4.69) is 20.6 Å². The van der Waals surface area contributed by atoms with Gasteiger partial charge in [-0.2, -0.15) is 0 Å². The molecule has 0 saturated heterocycles. The van der Waals surface area contributed by atoms with Gasteiger partial charge in [-0.25, -0.2) is 9.98 Å². The first kappa shape index (κ1) is 22.0. The molecule has 1 atom stereocenters. The Bertz CT molecular complexity index is 743. The van der Waals surface area contributed by atoms with Crippen LogP contribution in [0.15, 0.2) is 34.6 Å². The minimum atomic E-state index is -0.642. The number of hydrogen-bond donors (Lipinski definition) is 3. The molecule has 0 aliphatic heterocycles. The number of aliphatic hydroxyl groups excluding tert-OH is 1. The van der Waals surface area contributed by atoms with Gasteiger partial charge < -0.3 is 25.4 Å². The molecule has 0 bridgehead atoms. The molecule has 2 rings (SSSR count). The van der Waals surface area contributed by atoms with Crippen molar-refractivity contribution in [2.75, 3.05) is 32.1 Å². The summed E-state index contributed by atoms with van der Waals surface area (Å²) in [5, 5.41) is 19.8. The molecule has 0 aliphatic carbocycles. The number of aliphatic imine (C=N–C) groups is 1. The number of aliphatic hydroxyl groups is 1. The van der Waals surface area contributed by atoms with Gasteiger partial charge in [0.1, 0.15) is 5.75 Å². The zero-order valence-electron chi connectivity index (χ0n) is 17.3. The van der Waals surface area contributed by atoms with E-state index in [0.29, 0.717) is 19.0 Å². The Morgan fingerprint density at radius 2 is 1.96 bits per heavy atom. The van der Waals surface area contributed by atoms with Crippen LogP contribution in [0, 0.1) is 0 Å². The average Bonchev–Trinajstić information content (AvgIpc) is 3.13. The van der Waals surface area contributed by atoms with Crippen LogP contribution in [0.3, 0.4) is 0 Å². The minimum Gasteiger partial charge on any atom is -0.491 e. The topological polar surface area (TPSA) is 82.0 Å². The summed E-state index contributed by atoms with van der Waals surface area (Å²) in [5.41, 5.74) is 1.75. The maximum atomic E-state index is 10.5. The normalized spacial score (nSPS) is 12.8. The monoisotopic (exact) mass is 405 g/mol. The van der Waals surface area contributed by atoms with Crippen LogP contribution in [0.2, 0.25) is 0 Å². The van der Waals surface area contributed by atoms with E-state index < -0.39 is 6.10 Å². The number of nitrogens with zero attached hydrogens (tertiary/aromatic N) is 3. The first-order chi connectivity index (χ1) is 13.4. The summed E-state index contributed by atoms with van der Waals surface area (Å²) in [4.78, 5) is 11.1. The lowest BCUT2D eigenvalue weighted by molar-refractivity contribution is 0.180. The zero-order valence-corrected chi connectivity index (χ0v) is 18.1. The van der Waals surface area contributed by atoms with E-state index in [-0.39, 0.29) is 6.10 Å². The second-order valence-electron chi connectivity index (χ2n) is 6.84. The molecule has 1 unspecified atom stereocenters. The molecular formula is C20H31N5O2S. The van der Waals surface area contributed by atoms with Gasteiger partial charge in [0.05, 0.1) is 24.4 Å². The smallest absolute Gasteiger partial charge is 0.191 e. The van der Waals surface area contributed by atoms with Crippen LogP contribution in [0.1, 0.15) is 38.1 Å². The first-order valence-electron chi connectivity index (χ1n) is 9.47. The van der Waals surface area contributed by atoms with Gasteiger partial charge in [-0.05, 0) is 38.5 Å². The molecule has 28 heavy (non-hydrogen) atoms. The summed E-state index contributed by atoms with van der Waals surface area (Å²) in [7, 11) is 3.95. The highest BCUT2D eigenvalue weighted by Gasteiger charge is 2.10. The number of hydrogen-bond acceptors (Lipinski definition) is 6. The van der Waals surface area contributed by atoms with E-state index in [9.17, 15) is 5.11 Å². The number of benzene rings is 1.